The molecule has 0 aromatic rings. The van der Waals surface area contributed by atoms with Gasteiger partial charge in [0.2, 0.25) is 0 Å². The van der Waals surface area contributed by atoms with Gasteiger partial charge in [-0.2, -0.15) is 8.42 Å². The average molecular weight is 274 g/mol. The highest BCUT2D eigenvalue weighted by atomic mass is 32.2. The number of aliphatic hydroxyl groups excluding tert-OH is 4. The molecular weight excluding hydrogens is 264 g/mol. The summed E-state index contributed by atoms with van der Waals surface area (Å²) in [6.07, 6.45) is -9.56. The van der Waals surface area contributed by atoms with Crippen LogP contribution in [0.3, 0.4) is 0 Å². The predicted octanol–water partition coefficient (Wildman–Crippen LogP) is -3.91. The standard InChI is InChI=1S/C6H10O10S/c7-1-2(8)4(10)16-6(3(1)9,5(11)12)17(13,14)15/h1-4,7-10H,(H,11,12)(H,13,14,15)/t1-,2-,3+,4-,6-/m1/s1. The lowest BCUT2D eigenvalue weighted by Gasteiger charge is -2.42. The first-order valence-electron chi connectivity index (χ1n) is 4.16. The molecule has 0 aromatic heterocycles. The zero-order valence-corrected chi connectivity index (χ0v) is 8.85. The van der Waals surface area contributed by atoms with Crippen LogP contribution in [-0.2, 0) is 19.6 Å². The minimum absolute atomic E-state index is 2.13. The Morgan fingerprint density at radius 2 is 1.59 bits per heavy atom. The Balaban J connectivity index is 3.38. The van der Waals surface area contributed by atoms with Gasteiger partial charge in [0.1, 0.15) is 18.3 Å². The third-order valence-electron chi connectivity index (χ3n) is 2.33. The van der Waals surface area contributed by atoms with Crippen LogP contribution in [0.5, 0.6) is 0 Å². The highest BCUT2D eigenvalue weighted by Gasteiger charge is 2.66. The normalized spacial score (nSPS) is 43.4. The summed E-state index contributed by atoms with van der Waals surface area (Å²) in [6, 6.07) is 0. The third-order valence-corrected chi connectivity index (χ3v) is 3.61. The van der Waals surface area contributed by atoms with Crippen LogP contribution in [0.25, 0.3) is 0 Å². The number of carbonyl (C=O) groups is 1. The molecule has 17 heavy (non-hydrogen) atoms. The average Bonchev–Trinajstić information content (AvgIpc) is 2.18. The molecule has 1 aliphatic rings. The van der Waals surface area contributed by atoms with Crippen molar-refractivity contribution in [2.24, 2.45) is 0 Å². The number of hydrogen-bond acceptors (Lipinski definition) is 8. The molecule has 10 nitrogen and oxygen atoms in total. The minimum atomic E-state index is -5.53. The summed E-state index contributed by atoms with van der Waals surface area (Å²) >= 11 is 0. The summed E-state index contributed by atoms with van der Waals surface area (Å²) in [5, 5.41) is 45.3. The Kier molecular flexibility index (Phi) is 3.46. The molecule has 6 N–H and O–H groups in total. The van der Waals surface area contributed by atoms with E-state index in [1.54, 1.807) is 0 Å². The molecule has 0 amide bonds. The molecule has 0 radical (unpaired) electrons. The van der Waals surface area contributed by atoms with Crippen molar-refractivity contribution in [2.45, 2.75) is 29.5 Å². The second kappa shape index (κ2) is 4.13. The van der Waals surface area contributed by atoms with Gasteiger partial charge in [0, 0.05) is 0 Å². The van der Waals surface area contributed by atoms with Gasteiger partial charge in [0.25, 0.3) is 0 Å². The van der Waals surface area contributed by atoms with Crippen molar-refractivity contribution in [1.82, 2.24) is 0 Å². The topological polar surface area (TPSA) is 182 Å². The molecule has 1 heterocycles. The Bertz CT molecular complexity index is 417. The maximum Gasteiger partial charge on any atom is 0.357 e. The molecule has 100 valence electrons. The van der Waals surface area contributed by atoms with Gasteiger partial charge in [0.15, 0.2) is 6.29 Å². The van der Waals surface area contributed by atoms with Gasteiger partial charge in [-0.05, 0) is 0 Å². The van der Waals surface area contributed by atoms with E-state index in [9.17, 15) is 23.4 Å². The molecule has 0 bridgehead atoms. The van der Waals surface area contributed by atoms with Crippen molar-refractivity contribution in [1.29, 1.82) is 0 Å². The summed E-state index contributed by atoms with van der Waals surface area (Å²) in [7, 11) is -5.53. The lowest BCUT2D eigenvalue weighted by Crippen LogP contribution is -2.70. The van der Waals surface area contributed by atoms with E-state index in [0.717, 1.165) is 0 Å². The Labute approximate surface area is 94.4 Å². The molecule has 0 spiro atoms. The minimum Gasteiger partial charge on any atom is -0.478 e. The summed E-state index contributed by atoms with van der Waals surface area (Å²) < 4.78 is 34.7. The smallest absolute Gasteiger partial charge is 0.357 e. The second-order valence-corrected chi connectivity index (χ2v) is 4.94. The first kappa shape index (κ1) is 14.2. The number of carboxylic acid groups (broad SMARTS) is 1. The van der Waals surface area contributed by atoms with Crippen LogP contribution < -0.4 is 0 Å². The van der Waals surface area contributed by atoms with E-state index in [1.165, 1.54) is 0 Å². The monoisotopic (exact) mass is 274 g/mol. The van der Waals surface area contributed by atoms with Crippen LogP contribution >= 0.6 is 0 Å². The number of carboxylic acids is 1. The molecule has 1 fully saturated rings. The van der Waals surface area contributed by atoms with Crippen molar-refractivity contribution in [3.63, 3.8) is 0 Å². The highest BCUT2D eigenvalue weighted by Crippen LogP contribution is 2.33. The molecule has 11 heteroatoms. The Morgan fingerprint density at radius 3 is 1.94 bits per heavy atom. The quantitative estimate of drug-likeness (QED) is 0.272. The fourth-order valence-electron chi connectivity index (χ4n) is 1.40. The van der Waals surface area contributed by atoms with Crippen LogP contribution in [0, 0.1) is 0 Å². The van der Waals surface area contributed by atoms with Crippen molar-refractivity contribution >= 4 is 16.1 Å². The maximum atomic E-state index is 10.9. The van der Waals surface area contributed by atoms with Crippen LogP contribution in [-0.4, -0.2) is 74.0 Å². The fourth-order valence-corrected chi connectivity index (χ4v) is 2.29. The van der Waals surface area contributed by atoms with Crippen LogP contribution in [0.15, 0.2) is 0 Å². The molecule has 0 saturated carbocycles. The first-order valence-corrected chi connectivity index (χ1v) is 5.60. The van der Waals surface area contributed by atoms with Gasteiger partial charge in [-0.1, -0.05) is 0 Å². The van der Waals surface area contributed by atoms with Gasteiger partial charge in [-0.3, -0.25) is 4.55 Å². The number of aliphatic carboxylic acids is 1. The zero-order valence-electron chi connectivity index (χ0n) is 8.03. The van der Waals surface area contributed by atoms with Crippen LogP contribution in [0.1, 0.15) is 0 Å². The summed E-state index contributed by atoms with van der Waals surface area (Å²) in [5.41, 5.74) is 0. The van der Waals surface area contributed by atoms with Crippen LogP contribution in [0.4, 0.5) is 0 Å². The summed E-state index contributed by atoms with van der Waals surface area (Å²) in [6.45, 7) is 0. The van der Waals surface area contributed by atoms with Crippen molar-refractivity contribution in [2.75, 3.05) is 0 Å². The van der Waals surface area contributed by atoms with Gasteiger partial charge in [0.05, 0.1) is 0 Å². The molecule has 1 saturated heterocycles. The van der Waals surface area contributed by atoms with Gasteiger partial charge < -0.3 is 30.3 Å². The molecule has 1 rings (SSSR count). The predicted molar refractivity (Wildman–Crippen MR) is 47.0 cm³/mol. The number of ether oxygens (including phenoxy) is 1. The number of aliphatic hydroxyl groups is 4. The van der Waals surface area contributed by atoms with E-state index >= 15 is 0 Å². The van der Waals surface area contributed by atoms with Gasteiger partial charge >= 0.3 is 21.0 Å². The third kappa shape index (κ3) is 1.91. The van der Waals surface area contributed by atoms with Crippen molar-refractivity contribution in [3.8, 4) is 0 Å². The SMILES string of the molecule is O=C(O)[C@@]1(S(=O)(=O)O)O[C@@H](O)[C@H](O)[C@@H](O)[C@@H]1O. The Morgan fingerprint density at radius 1 is 1.12 bits per heavy atom. The lowest BCUT2D eigenvalue weighted by atomic mass is 9.98. The van der Waals surface area contributed by atoms with Crippen molar-refractivity contribution in [3.05, 3.63) is 0 Å². The van der Waals surface area contributed by atoms with E-state index in [0.29, 0.717) is 0 Å². The van der Waals surface area contributed by atoms with Crippen molar-refractivity contribution < 1.29 is 48.0 Å². The van der Waals surface area contributed by atoms with E-state index in [2.05, 4.69) is 4.74 Å². The summed E-state index contributed by atoms with van der Waals surface area (Å²) in [5.74, 6) is -2.35. The number of rotatable bonds is 2. The highest BCUT2D eigenvalue weighted by molar-refractivity contribution is 7.88. The fraction of sp³-hybridized carbons (Fsp3) is 0.833. The summed E-state index contributed by atoms with van der Waals surface area (Å²) in [4.78, 5) is 7.14. The van der Waals surface area contributed by atoms with E-state index < -0.39 is 45.6 Å². The first-order chi connectivity index (χ1) is 7.55. The lowest BCUT2D eigenvalue weighted by molar-refractivity contribution is -0.293. The number of hydrogen-bond donors (Lipinski definition) is 6. The Hall–Kier alpha value is -0.820. The zero-order chi connectivity index (χ0) is 13.6. The second-order valence-electron chi connectivity index (χ2n) is 3.38. The molecular formula is C6H10O10S. The molecule has 0 unspecified atom stereocenters. The van der Waals surface area contributed by atoms with Gasteiger partial charge in [-0.15, -0.1) is 0 Å². The maximum absolute atomic E-state index is 10.9. The van der Waals surface area contributed by atoms with Crippen LogP contribution in [0.2, 0.25) is 0 Å². The van der Waals surface area contributed by atoms with E-state index in [1.807, 2.05) is 0 Å². The molecule has 0 aromatic carbocycles. The van der Waals surface area contributed by atoms with E-state index in [-0.39, 0.29) is 0 Å². The molecule has 5 atom stereocenters. The largest absolute Gasteiger partial charge is 0.478 e. The van der Waals surface area contributed by atoms with E-state index in [4.69, 9.17) is 19.9 Å². The molecule has 1 aliphatic heterocycles. The van der Waals surface area contributed by atoms with Gasteiger partial charge in [-0.25, -0.2) is 4.79 Å². The molecule has 0 aliphatic carbocycles.